The number of imide groups is 1. The Balaban J connectivity index is 1.93. The SMILES string of the molecule is Cc1ccc(CN2C(=O)C(SCCO)=C(c3ccccc3)C2=O)cc1. The average Bonchev–Trinajstić information content (AvgIpc) is 2.86. The molecule has 0 unspecified atom stereocenters. The molecule has 2 aromatic carbocycles. The van der Waals surface area contributed by atoms with Crippen molar-refractivity contribution in [2.24, 2.45) is 0 Å². The number of aliphatic hydroxyl groups excluding tert-OH is 1. The Morgan fingerprint density at radius 3 is 2.28 bits per heavy atom. The highest BCUT2D eigenvalue weighted by Crippen LogP contribution is 2.36. The second-order valence-corrected chi connectivity index (χ2v) is 6.93. The lowest BCUT2D eigenvalue weighted by molar-refractivity contribution is -0.137. The Morgan fingerprint density at radius 1 is 0.960 bits per heavy atom. The van der Waals surface area contributed by atoms with E-state index >= 15 is 0 Å². The second kappa shape index (κ2) is 7.68. The molecule has 0 saturated carbocycles. The largest absolute Gasteiger partial charge is 0.396 e. The van der Waals surface area contributed by atoms with E-state index in [1.54, 1.807) is 0 Å². The van der Waals surface area contributed by atoms with Gasteiger partial charge in [0, 0.05) is 5.75 Å². The van der Waals surface area contributed by atoms with Crippen LogP contribution in [-0.4, -0.2) is 34.2 Å². The van der Waals surface area contributed by atoms with Crippen molar-refractivity contribution >= 4 is 29.1 Å². The third-order valence-corrected chi connectivity index (χ3v) is 5.04. The summed E-state index contributed by atoms with van der Waals surface area (Å²) in [4.78, 5) is 27.5. The van der Waals surface area contributed by atoms with Crippen LogP contribution in [0.2, 0.25) is 0 Å². The molecule has 0 fully saturated rings. The minimum Gasteiger partial charge on any atom is -0.396 e. The number of nitrogens with zero attached hydrogens (tertiary/aromatic N) is 1. The van der Waals surface area contributed by atoms with Crippen LogP contribution < -0.4 is 0 Å². The van der Waals surface area contributed by atoms with Gasteiger partial charge in [0.05, 0.1) is 23.6 Å². The van der Waals surface area contributed by atoms with Crippen molar-refractivity contribution in [3.8, 4) is 0 Å². The van der Waals surface area contributed by atoms with E-state index in [4.69, 9.17) is 5.11 Å². The van der Waals surface area contributed by atoms with Crippen molar-refractivity contribution in [3.63, 3.8) is 0 Å². The van der Waals surface area contributed by atoms with Gasteiger partial charge in [-0.1, -0.05) is 60.2 Å². The van der Waals surface area contributed by atoms with E-state index in [-0.39, 0.29) is 25.0 Å². The van der Waals surface area contributed by atoms with Gasteiger partial charge in [-0.05, 0) is 18.1 Å². The van der Waals surface area contributed by atoms with E-state index in [9.17, 15) is 9.59 Å². The van der Waals surface area contributed by atoms with Crippen LogP contribution in [0.15, 0.2) is 59.5 Å². The van der Waals surface area contributed by atoms with Gasteiger partial charge in [0.2, 0.25) is 0 Å². The number of carbonyl (C=O) groups is 2. The van der Waals surface area contributed by atoms with Crippen molar-refractivity contribution in [2.45, 2.75) is 13.5 Å². The fourth-order valence-corrected chi connectivity index (χ4v) is 3.59. The predicted molar refractivity (Wildman–Crippen MR) is 99.6 cm³/mol. The Hall–Kier alpha value is -2.37. The molecular formula is C20H19NO3S. The molecule has 2 amide bonds. The van der Waals surface area contributed by atoms with Gasteiger partial charge in [-0.15, -0.1) is 11.8 Å². The van der Waals surface area contributed by atoms with Crippen LogP contribution >= 0.6 is 11.8 Å². The van der Waals surface area contributed by atoms with Crippen molar-refractivity contribution in [1.82, 2.24) is 4.90 Å². The monoisotopic (exact) mass is 353 g/mol. The molecule has 0 radical (unpaired) electrons. The Bertz CT molecular complexity index is 813. The Morgan fingerprint density at radius 2 is 1.64 bits per heavy atom. The lowest BCUT2D eigenvalue weighted by Crippen LogP contribution is -2.31. The molecule has 0 aromatic heterocycles. The van der Waals surface area contributed by atoms with Crippen LogP contribution in [-0.2, 0) is 16.1 Å². The van der Waals surface area contributed by atoms with Gasteiger partial charge in [0.25, 0.3) is 11.8 Å². The number of benzene rings is 2. The normalized spacial score (nSPS) is 14.6. The van der Waals surface area contributed by atoms with Crippen molar-refractivity contribution in [3.05, 3.63) is 76.2 Å². The zero-order valence-corrected chi connectivity index (χ0v) is 14.8. The van der Waals surface area contributed by atoms with Crippen LogP contribution in [0.4, 0.5) is 0 Å². The predicted octanol–water partition coefficient (Wildman–Crippen LogP) is 3.00. The van der Waals surface area contributed by atoms with Crippen molar-refractivity contribution < 1.29 is 14.7 Å². The molecule has 2 aromatic rings. The summed E-state index contributed by atoms with van der Waals surface area (Å²) in [6.45, 7) is 2.20. The third-order valence-electron chi connectivity index (χ3n) is 3.99. The van der Waals surface area contributed by atoms with Gasteiger partial charge >= 0.3 is 0 Å². The molecule has 0 saturated heterocycles. The summed E-state index contributed by atoms with van der Waals surface area (Å²) in [6, 6.07) is 17.0. The fourth-order valence-electron chi connectivity index (χ4n) is 2.71. The summed E-state index contributed by atoms with van der Waals surface area (Å²) in [5, 5.41) is 9.11. The average molecular weight is 353 g/mol. The van der Waals surface area contributed by atoms with Crippen LogP contribution in [0, 0.1) is 6.92 Å². The summed E-state index contributed by atoms with van der Waals surface area (Å²) in [6.07, 6.45) is 0. The summed E-state index contributed by atoms with van der Waals surface area (Å²) < 4.78 is 0. The molecule has 5 heteroatoms. The zero-order chi connectivity index (χ0) is 17.8. The van der Waals surface area contributed by atoms with E-state index in [2.05, 4.69) is 0 Å². The maximum absolute atomic E-state index is 12.9. The summed E-state index contributed by atoms with van der Waals surface area (Å²) in [5.41, 5.74) is 3.20. The zero-order valence-electron chi connectivity index (χ0n) is 13.9. The van der Waals surface area contributed by atoms with Crippen LogP contribution in [0.25, 0.3) is 5.57 Å². The first kappa shape index (κ1) is 17.5. The van der Waals surface area contributed by atoms with Gasteiger partial charge in [-0.3, -0.25) is 14.5 Å². The first-order valence-corrected chi connectivity index (χ1v) is 9.05. The smallest absolute Gasteiger partial charge is 0.268 e. The number of thioether (sulfide) groups is 1. The van der Waals surface area contributed by atoms with E-state index < -0.39 is 0 Å². The highest BCUT2D eigenvalue weighted by Gasteiger charge is 2.38. The molecule has 4 nitrogen and oxygen atoms in total. The van der Waals surface area contributed by atoms with Crippen molar-refractivity contribution in [2.75, 3.05) is 12.4 Å². The quantitative estimate of drug-likeness (QED) is 0.811. The molecular weight excluding hydrogens is 334 g/mol. The molecule has 0 bridgehead atoms. The van der Waals surface area contributed by atoms with Gasteiger partial charge in [-0.25, -0.2) is 0 Å². The topological polar surface area (TPSA) is 57.6 Å². The number of carbonyl (C=O) groups excluding carboxylic acids is 2. The minimum absolute atomic E-state index is 0.0460. The Labute approximate surface area is 151 Å². The van der Waals surface area contributed by atoms with Gasteiger partial charge in [-0.2, -0.15) is 0 Å². The number of hydrogen-bond donors (Lipinski definition) is 1. The van der Waals surface area contributed by atoms with Crippen molar-refractivity contribution in [1.29, 1.82) is 0 Å². The molecule has 1 N–H and O–H groups in total. The fraction of sp³-hybridized carbons (Fsp3) is 0.200. The van der Waals surface area contributed by atoms with E-state index in [1.165, 1.54) is 16.7 Å². The lowest BCUT2D eigenvalue weighted by atomic mass is 10.1. The molecule has 1 aliphatic rings. The van der Waals surface area contributed by atoms with E-state index in [1.807, 2.05) is 61.5 Å². The summed E-state index contributed by atoms with van der Waals surface area (Å²) in [7, 11) is 0. The van der Waals surface area contributed by atoms with E-state index in [0.717, 1.165) is 16.7 Å². The first-order valence-electron chi connectivity index (χ1n) is 8.07. The molecule has 0 aliphatic carbocycles. The number of rotatable bonds is 6. The van der Waals surface area contributed by atoms with Crippen LogP contribution in [0.3, 0.4) is 0 Å². The highest BCUT2D eigenvalue weighted by molar-refractivity contribution is 8.04. The molecule has 1 heterocycles. The molecule has 128 valence electrons. The van der Waals surface area contributed by atoms with E-state index in [0.29, 0.717) is 16.2 Å². The summed E-state index contributed by atoms with van der Waals surface area (Å²) in [5.74, 6) is -0.191. The maximum atomic E-state index is 12.9. The van der Waals surface area contributed by atoms with Gasteiger partial charge in [0.1, 0.15) is 0 Å². The lowest BCUT2D eigenvalue weighted by Gasteiger charge is -2.15. The second-order valence-electron chi connectivity index (χ2n) is 5.82. The molecule has 25 heavy (non-hydrogen) atoms. The third kappa shape index (κ3) is 3.67. The van der Waals surface area contributed by atoms with Crippen LogP contribution in [0.1, 0.15) is 16.7 Å². The number of amides is 2. The number of hydrogen-bond acceptors (Lipinski definition) is 4. The number of aryl methyl sites for hydroxylation is 1. The summed E-state index contributed by atoms with van der Waals surface area (Å²) >= 11 is 1.23. The van der Waals surface area contributed by atoms with Gasteiger partial charge < -0.3 is 5.11 Å². The van der Waals surface area contributed by atoms with Gasteiger partial charge in [0.15, 0.2) is 0 Å². The van der Waals surface area contributed by atoms with Crippen LogP contribution in [0.5, 0.6) is 0 Å². The minimum atomic E-state index is -0.289. The first-order chi connectivity index (χ1) is 12.1. The molecule has 1 aliphatic heterocycles. The molecule has 3 rings (SSSR count). The molecule has 0 spiro atoms. The standard InChI is InChI=1S/C20H19NO3S/c1-14-7-9-15(10-8-14)13-21-19(23)17(16-5-3-2-4-6-16)18(20(21)24)25-12-11-22/h2-10,22H,11-13H2,1H3. The number of aliphatic hydroxyl groups is 1. The maximum Gasteiger partial charge on any atom is 0.268 e. The highest BCUT2D eigenvalue weighted by atomic mass is 32.2. The Kier molecular flexibility index (Phi) is 5.36. The molecule has 0 atom stereocenters.